The average molecular weight is 591 g/mol. The van der Waals surface area contributed by atoms with Gasteiger partial charge < -0.3 is 23.7 Å². The van der Waals surface area contributed by atoms with Gasteiger partial charge in [-0.1, -0.05) is 12.1 Å². The van der Waals surface area contributed by atoms with Crippen LogP contribution in [0.5, 0.6) is 11.5 Å². The summed E-state index contributed by atoms with van der Waals surface area (Å²) in [6, 6.07) is 21.0. The summed E-state index contributed by atoms with van der Waals surface area (Å²) in [5.74, 6) is 1.41. The molecule has 0 atom stereocenters. The summed E-state index contributed by atoms with van der Waals surface area (Å²) in [5, 5.41) is 2.39. The van der Waals surface area contributed by atoms with Crippen molar-refractivity contribution in [2.75, 3.05) is 52.9 Å². The molecule has 0 spiro atoms. The van der Waals surface area contributed by atoms with E-state index in [2.05, 4.69) is 59.3 Å². The minimum Gasteiger partial charge on any atom is -0.487 e. The van der Waals surface area contributed by atoms with Crippen molar-refractivity contribution in [3.8, 4) is 22.6 Å². The molecule has 1 aliphatic heterocycles. The SMILES string of the molecule is F[P-](F)(F)(F)(F)F.c1cc[n+]2cc3ccc(-c4ccc5c(c4)OCCOCCOCCOCCO5)cc3cc2c1. The third-order valence-electron chi connectivity index (χ3n) is 5.58. The molecule has 1 aliphatic rings. The third-order valence-corrected chi connectivity index (χ3v) is 5.58. The summed E-state index contributed by atoms with van der Waals surface area (Å²) < 4.78 is 89.9. The minimum absolute atomic E-state index is 0.442. The molecule has 13 heteroatoms. The molecule has 218 valence electrons. The van der Waals surface area contributed by atoms with Crippen molar-refractivity contribution < 1.29 is 53.3 Å². The van der Waals surface area contributed by atoms with Crippen molar-refractivity contribution >= 4 is 24.1 Å². The van der Waals surface area contributed by atoms with E-state index in [0.29, 0.717) is 64.4 Å². The van der Waals surface area contributed by atoms with Crippen LogP contribution >= 0.6 is 7.81 Å². The molecule has 0 unspecified atom stereocenters. The van der Waals surface area contributed by atoms with E-state index < -0.39 is 7.81 Å². The van der Waals surface area contributed by atoms with Gasteiger partial charge in [0.1, 0.15) is 13.2 Å². The maximum absolute atomic E-state index is 10.7. The van der Waals surface area contributed by atoms with E-state index in [9.17, 15) is 25.2 Å². The van der Waals surface area contributed by atoms with E-state index in [0.717, 1.165) is 16.6 Å². The van der Waals surface area contributed by atoms with Crippen LogP contribution in [0.15, 0.2) is 73.1 Å². The number of fused-ring (bicyclic) bond motifs is 3. The van der Waals surface area contributed by atoms with Gasteiger partial charge in [0.2, 0.25) is 5.52 Å². The predicted octanol–water partition coefficient (Wildman–Crippen LogP) is 7.45. The fraction of sp³-hybridized carbons (Fsp3) is 0.296. The van der Waals surface area contributed by atoms with Gasteiger partial charge in [0, 0.05) is 23.6 Å². The molecular formula is C27H28F6NO5P. The van der Waals surface area contributed by atoms with E-state index in [1.54, 1.807) is 0 Å². The largest absolute Gasteiger partial charge is 0.487 e. The van der Waals surface area contributed by atoms with Gasteiger partial charge in [-0.05, 0) is 46.8 Å². The average Bonchev–Trinajstić information content (AvgIpc) is 2.89. The van der Waals surface area contributed by atoms with E-state index in [4.69, 9.17) is 23.7 Å². The fourth-order valence-corrected chi connectivity index (χ4v) is 3.90. The number of ether oxygens (including phenoxy) is 5. The van der Waals surface area contributed by atoms with Crippen LogP contribution in [0.4, 0.5) is 25.2 Å². The summed E-state index contributed by atoms with van der Waals surface area (Å²) >= 11 is 0. The van der Waals surface area contributed by atoms with Crippen molar-refractivity contribution in [1.82, 2.24) is 0 Å². The number of hydrogen-bond acceptors (Lipinski definition) is 5. The van der Waals surface area contributed by atoms with Crippen LogP contribution in [0.3, 0.4) is 0 Å². The van der Waals surface area contributed by atoms with Gasteiger partial charge in [0.25, 0.3) is 0 Å². The number of halogens is 6. The molecular weight excluding hydrogens is 563 g/mol. The Morgan fingerprint density at radius 2 is 1.10 bits per heavy atom. The Bertz CT molecular complexity index is 1440. The maximum Gasteiger partial charge on any atom is 0.211 e. The molecule has 40 heavy (non-hydrogen) atoms. The normalized spacial score (nSPS) is 17.4. The molecule has 0 amide bonds. The molecule has 2 aromatic heterocycles. The molecule has 0 N–H and O–H groups in total. The van der Waals surface area contributed by atoms with Crippen LogP contribution in [0.25, 0.3) is 27.4 Å². The van der Waals surface area contributed by atoms with Crippen LogP contribution < -0.4 is 13.9 Å². The first-order valence-electron chi connectivity index (χ1n) is 12.4. The molecule has 3 heterocycles. The summed E-state index contributed by atoms with van der Waals surface area (Å²) in [7, 11) is -10.7. The number of pyridine rings is 2. The Morgan fingerprint density at radius 1 is 0.550 bits per heavy atom. The second-order valence-electron chi connectivity index (χ2n) is 8.80. The minimum atomic E-state index is -10.7. The Morgan fingerprint density at radius 3 is 1.75 bits per heavy atom. The molecule has 0 aliphatic carbocycles. The van der Waals surface area contributed by atoms with Crippen molar-refractivity contribution in [3.63, 3.8) is 0 Å². The van der Waals surface area contributed by atoms with E-state index in [1.807, 2.05) is 18.2 Å². The zero-order valence-corrected chi connectivity index (χ0v) is 22.2. The summed E-state index contributed by atoms with van der Waals surface area (Å²) in [4.78, 5) is 0. The quantitative estimate of drug-likeness (QED) is 0.0997. The maximum atomic E-state index is 9.87. The van der Waals surface area contributed by atoms with Gasteiger partial charge in [-0.15, -0.1) is 0 Å². The molecule has 0 radical (unpaired) electrons. The van der Waals surface area contributed by atoms with Gasteiger partial charge >= 0.3 is 33.0 Å². The zero-order valence-electron chi connectivity index (χ0n) is 21.3. The molecule has 0 fully saturated rings. The van der Waals surface area contributed by atoms with Crippen LogP contribution in [0.1, 0.15) is 0 Å². The van der Waals surface area contributed by atoms with Gasteiger partial charge in [-0.2, -0.15) is 4.40 Å². The van der Waals surface area contributed by atoms with Crippen LogP contribution in [0, 0.1) is 0 Å². The van der Waals surface area contributed by atoms with Gasteiger partial charge in [0.15, 0.2) is 23.9 Å². The predicted molar refractivity (Wildman–Crippen MR) is 140 cm³/mol. The summed E-state index contributed by atoms with van der Waals surface area (Å²) in [6.07, 6.45) is 4.22. The standard InChI is InChI=1S/C27H28NO5.F6P/c1-2-8-28-20-23-5-4-21(17-24(23)18-25(28)3-1)22-6-7-26-27(19-22)33-16-14-31-12-10-29-9-11-30-13-15-32-26;1-7(2,3,4,5)6/h1-8,17-20H,9-16H2;/q+1;-1. The Labute approximate surface area is 226 Å². The first-order chi connectivity index (χ1) is 18.8. The number of hydrogen-bond donors (Lipinski definition) is 0. The Kier molecular flexibility index (Phi) is 8.75. The van der Waals surface area contributed by atoms with Gasteiger partial charge in [-0.25, -0.2) is 0 Å². The molecule has 0 bridgehead atoms. The summed E-state index contributed by atoms with van der Waals surface area (Å²) in [6.45, 7) is 4.07. The first kappa shape index (κ1) is 29.8. The van der Waals surface area contributed by atoms with E-state index in [1.165, 1.54) is 10.8 Å². The number of nitrogens with zero attached hydrogens (tertiary/aromatic N) is 1. The van der Waals surface area contributed by atoms with Gasteiger partial charge in [-0.3, -0.25) is 0 Å². The number of rotatable bonds is 1. The molecule has 0 saturated heterocycles. The molecule has 4 aromatic rings. The van der Waals surface area contributed by atoms with Crippen molar-refractivity contribution in [2.45, 2.75) is 0 Å². The fourth-order valence-electron chi connectivity index (χ4n) is 3.90. The van der Waals surface area contributed by atoms with E-state index in [-0.39, 0.29) is 0 Å². The Hall–Kier alpha value is -3.18. The van der Waals surface area contributed by atoms with Crippen molar-refractivity contribution in [3.05, 3.63) is 73.1 Å². The first-order valence-corrected chi connectivity index (χ1v) is 14.4. The molecule has 2 aromatic carbocycles. The molecule has 6 nitrogen and oxygen atoms in total. The smallest absolute Gasteiger partial charge is 0.211 e. The summed E-state index contributed by atoms with van der Waals surface area (Å²) in [5.41, 5.74) is 3.36. The second kappa shape index (κ2) is 11.7. The van der Waals surface area contributed by atoms with Crippen molar-refractivity contribution in [1.29, 1.82) is 0 Å². The number of benzene rings is 2. The van der Waals surface area contributed by atoms with Crippen LogP contribution in [-0.4, -0.2) is 52.9 Å². The third kappa shape index (κ3) is 10.4. The van der Waals surface area contributed by atoms with Crippen molar-refractivity contribution in [2.24, 2.45) is 0 Å². The zero-order chi connectivity index (χ0) is 28.7. The van der Waals surface area contributed by atoms with E-state index >= 15 is 0 Å². The second-order valence-corrected chi connectivity index (χ2v) is 10.7. The topological polar surface area (TPSA) is 50.2 Å². The molecule has 5 rings (SSSR count). The van der Waals surface area contributed by atoms with Crippen LogP contribution in [-0.2, 0) is 14.2 Å². The number of aromatic nitrogens is 1. The van der Waals surface area contributed by atoms with Gasteiger partial charge in [0.05, 0.1) is 39.6 Å². The molecule has 0 saturated carbocycles. The Balaban J connectivity index is 0.000000470. The monoisotopic (exact) mass is 591 g/mol. The van der Waals surface area contributed by atoms with Crippen LogP contribution in [0.2, 0.25) is 0 Å².